The molecule has 0 aromatic carbocycles. The zero-order chi connectivity index (χ0) is 13.2. The van der Waals surface area contributed by atoms with Gasteiger partial charge in [0.15, 0.2) is 0 Å². The van der Waals surface area contributed by atoms with Crippen molar-refractivity contribution in [3.05, 3.63) is 22.2 Å². The Morgan fingerprint density at radius 2 is 2.17 bits per heavy atom. The number of rotatable bonds is 6. The second-order valence-corrected chi connectivity index (χ2v) is 4.45. The minimum Gasteiger partial charge on any atom is -0.394 e. The molecule has 1 aromatic heterocycles. The van der Waals surface area contributed by atoms with Crippen molar-refractivity contribution in [1.29, 1.82) is 0 Å². The van der Waals surface area contributed by atoms with Gasteiger partial charge in [0.1, 0.15) is 11.6 Å². The first kappa shape index (κ1) is 12.6. The molecule has 0 bridgehead atoms. The number of aromatic nitrogens is 1. The summed E-state index contributed by atoms with van der Waals surface area (Å²) in [7, 11) is 0. The molecule has 1 fully saturated rings. The number of aliphatic hydroxyl groups is 1. The van der Waals surface area contributed by atoms with Gasteiger partial charge < -0.3 is 15.7 Å². The predicted molar refractivity (Wildman–Crippen MR) is 67.7 cm³/mol. The number of aliphatic hydroxyl groups excluding tert-OH is 1. The maximum Gasteiger partial charge on any atom is 0.276 e. The van der Waals surface area contributed by atoms with Gasteiger partial charge in [-0.2, -0.15) is 0 Å². The fraction of sp³-hybridized carbons (Fsp3) is 0.545. The van der Waals surface area contributed by atoms with Crippen LogP contribution in [-0.4, -0.2) is 33.7 Å². The highest BCUT2D eigenvalue weighted by Gasteiger charge is 2.42. The van der Waals surface area contributed by atoms with E-state index in [1.807, 2.05) is 6.92 Å². The van der Waals surface area contributed by atoms with Crippen LogP contribution < -0.4 is 10.6 Å². The Morgan fingerprint density at radius 1 is 1.50 bits per heavy atom. The molecule has 98 valence electrons. The zero-order valence-electron chi connectivity index (χ0n) is 10.1. The second kappa shape index (κ2) is 4.77. The SMILES string of the molecule is CCNc1cc([N+](=O)[O-])cc(NC2(CO)CC2)n1. The van der Waals surface area contributed by atoms with E-state index >= 15 is 0 Å². The van der Waals surface area contributed by atoms with Crippen molar-refractivity contribution in [2.24, 2.45) is 0 Å². The molecule has 0 atom stereocenters. The molecule has 1 saturated carbocycles. The van der Waals surface area contributed by atoms with E-state index in [4.69, 9.17) is 0 Å². The van der Waals surface area contributed by atoms with Crippen molar-refractivity contribution in [1.82, 2.24) is 4.98 Å². The topological polar surface area (TPSA) is 100 Å². The molecule has 7 heteroatoms. The quantitative estimate of drug-likeness (QED) is 0.522. The third-order valence-corrected chi connectivity index (χ3v) is 2.93. The third-order valence-electron chi connectivity index (χ3n) is 2.93. The number of hydrogen-bond acceptors (Lipinski definition) is 6. The van der Waals surface area contributed by atoms with Crippen molar-refractivity contribution < 1.29 is 10.0 Å². The summed E-state index contributed by atoms with van der Waals surface area (Å²) in [6, 6.07) is 2.78. The van der Waals surface area contributed by atoms with Gasteiger partial charge in [0.2, 0.25) is 0 Å². The molecule has 1 aliphatic rings. The molecule has 3 N–H and O–H groups in total. The van der Waals surface area contributed by atoms with Crippen LogP contribution in [0.15, 0.2) is 12.1 Å². The molecule has 0 unspecified atom stereocenters. The summed E-state index contributed by atoms with van der Waals surface area (Å²) in [4.78, 5) is 14.6. The van der Waals surface area contributed by atoms with Gasteiger partial charge in [-0.3, -0.25) is 10.1 Å². The van der Waals surface area contributed by atoms with Crippen LogP contribution in [0.25, 0.3) is 0 Å². The Bertz CT molecular complexity index is 460. The number of pyridine rings is 1. The van der Waals surface area contributed by atoms with Gasteiger partial charge in [0, 0.05) is 6.54 Å². The van der Waals surface area contributed by atoms with Crippen LogP contribution in [0.2, 0.25) is 0 Å². The number of nitrogens with zero attached hydrogens (tertiary/aromatic N) is 2. The Labute approximate surface area is 104 Å². The van der Waals surface area contributed by atoms with Crippen LogP contribution in [0, 0.1) is 10.1 Å². The van der Waals surface area contributed by atoms with Gasteiger partial charge in [-0.15, -0.1) is 0 Å². The standard InChI is InChI=1S/C11H16N4O3/c1-2-12-9-5-8(15(17)18)6-10(13-9)14-11(7-16)3-4-11/h5-6,16H,2-4,7H2,1H3,(H2,12,13,14). The van der Waals surface area contributed by atoms with Crippen molar-refractivity contribution in [3.8, 4) is 0 Å². The Kier molecular flexibility index (Phi) is 3.33. The maximum atomic E-state index is 10.8. The van der Waals surface area contributed by atoms with Gasteiger partial charge in [0.25, 0.3) is 5.69 Å². The number of anilines is 2. The highest BCUT2D eigenvalue weighted by molar-refractivity contribution is 5.56. The second-order valence-electron chi connectivity index (χ2n) is 4.45. The van der Waals surface area contributed by atoms with Crippen LogP contribution in [0.4, 0.5) is 17.3 Å². The molecule has 0 aliphatic heterocycles. The fourth-order valence-corrected chi connectivity index (χ4v) is 1.70. The van der Waals surface area contributed by atoms with Crippen molar-refractivity contribution in [2.75, 3.05) is 23.8 Å². The third kappa shape index (κ3) is 2.67. The van der Waals surface area contributed by atoms with Gasteiger partial charge in [-0.1, -0.05) is 0 Å². The van der Waals surface area contributed by atoms with Crippen LogP contribution in [0.1, 0.15) is 19.8 Å². The highest BCUT2D eigenvalue weighted by Crippen LogP contribution is 2.38. The van der Waals surface area contributed by atoms with E-state index in [1.54, 1.807) is 0 Å². The number of nitrogens with one attached hydrogen (secondary N) is 2. The first-order valence-corrected chi connectivity index (χ1v) is 5.88. The molecule has 1 aliphatic carbocycles. The van der Waals surface area contributed by atoms with Crippen molar-refractivity contribution >= 4 is 17.3 Å². The molecule has 2 rings (SSSR count). The van der Waals surface area contributed by atoms with Gasteiger partial charge in [0.05, 0.1) is 29.2 Å². The van der Waals surface area contributed by atoms with Gasteiger partial charge in [-0.25, -0.2) is 4.98 Å². The first-order chi connectivity index (χ1) is 8.58. The molecule has 0 amide bonds. The maximum absolute atomic E-state index is 10.8. The summed E-state index contributed by atoms with van der Waals surface area (Å²) in [6.07, 6.45) is 1.70. The average molecular weight is 252 g/mol. The van der Waals surface area contributed by atoms with Crippen LogP contribution >= 0.6 is 0 Å². The van der Waals surface area contributed by atoms with Crippen molar-refractivity contribution in [2.45, 2.75) is 25.3 Å². The minimum atomic E-state index is -0.452. The van der Waals surface area contributed by atoms with E-state index in [-0.39, 0.29) is 17.8 Å². The highest BCUT2D eigenvalue weighted by atomic mass is 16.6. The molecular weight excluding hydrogens is 236 g/mol. The Morgan fingerprint density at radius 3 is 2.67 bits per heavy atom. The smallest absolute Gasteiger partial charge is 0.276 e. The van der Waals surface area contributed by atoms with Gasteiger partial charge >= 0.3 is 0 Å². The predicted octanol–water partition coefficient (Wildman–Crippen LogP) is 1.36. The van der Waals surface area contributed by atoms with Crippen molar-refractivity contribution in [3.63, 3.8) is 0 Å². The van der Waals surface area contributed by atoms with E-state index in [2.05, 4.69) is 15.6 Å². The van der Waals surface area contributed by atoms with E-state index < -0.39 is 4.92 Å². The lowest BCUT2D eigenvalue weighted by Crippen LogP contribution is -2.26. The largest absolute Gasteiger partial charge is 0.394 e. The molecular formula is C11H16N4O3. The molecule has 0 spiro atoms. The summed E-state index contributed by atoms with van der Waals surface area (Å²) in [5.41, 5.74) is -0.358. The minimum absolute atomic E-state index is 0.00785. The summed E-state index contributed by atoms with van der Waals surface area (Å²) >= 11 is 0. The van der Waals surface area contributed by atoms with E-state index in [1.165, 1.54) is 12.1 Å². The Balaban J connectivity index is 2.25. The number of nitro groups is 1. The van der Waals surface area contributed by atoms with Gasteiger partial charge in [-0.05, 0) is 19.8 Å². The summed E-state index contributed by atoms with van der Waals surface area (Å²) in [6.45, 7) is 2.54. The van der Waals surface area contributed by atoms with E-state index in [0.717, 1.165) is 12.8 Å². The molecule has 1 aromatic rings. The molecule has 18 heavy (non-hydrogen) atoms. The monoisotopic (exact) mass is 252 g/mol. The molecule has 0 radical (unpaired) electrons. The van der Waals surface area contributed by atoms with Crippen LogP contribution in [0.5, 0.6) is 0 Å². The lowest BCUT2D eigenvalue weighted by Gasteiger charge is -2.15. The summed E-state index contributed by atoms with van der Waals surface area (Å²) < 4.78 is 0. The average Bonchev–Trinajstić information content (AvgIpc) is 3.09. The fourth-order valence-electron chi connectivity index (χ4n) is 1.70. The number of hydrogen-bond donors (Lipinski definition) is 3. The normalized spacial score (nSPS) is 16.1. The summed E-state index contributed by atoms with van der Waals surface area (Å²) in [5, 5.41) is 26.1. The molecule has 1 heterocycles. The summed E-state index contributed by atoms with van der Waals surface area (Å²) in [5.74, 6) is 0.884. The van der Waals surface area contributed by atoms with E-state index in [9.17, 15) is 15.2 Å². The Hall–Kier alpha value is -1.89. The molecule has 7 nitrogen and oxygen atoms in total. The zero-order valence-corrected chi connectivity index (χ0v) is 10.1. The lowest BCUT2D eigenvalue weighted by atomic mass is 10.3. The van der Waals surface area contributed by atoms with Crippen LogP contribution in [0.3, 0.4) is 0 Å². The lowest BCUT2D eigenvalue weighted by molar-refractivity contribution is -0.384. The van der Waals surface area contributed by atoms with E-state index in [0.29, 0.717) is 18.2 Å². The first-order valence-electron chi connectivity index (χ1n) is 5.88. The molecule has 0 saturated heterocycles. The van der Waals surface area contributed by atoms with Crippen LogP contribution in [-0.2, 0) is 0 Å².